The van der Waals surface area contributed by atoms with Crippen molar-refractivity contribution in [2.75, 3.05) is 19.7 Å². The van der Waals surface area contributed by atoms with E-state index in [-0.39, 0.29) is 18.0 Å². The largest absolute Gasteiger partial charge is 0.450 e. The Kier molecular flexibility index (Phi) is 4.18. The molecular weight excluding hydrogens is 308 g/mol. The molecule has 3 heterocycles. The van der Waals surface area contributed by atoms with E-state index in [1.807, 2.05) is 0 Å². The van der Waals surface area contributed by atoms with Crippen molar-refractivity contribution < 1.29 is 14.3 Å². The second-order valence-electron chi connectivity index (χ2n) is 4.90. The summed E-state index contributed by atoms with van der Waals surface area (Å²) in [5.41, 5.74) is 0. The van der Waals surface area contributed by atoms with Crippen LogP contribution in [0.2, 0.25) is 0 Å². The lowest BCUT2D eigenvalue weighted by molar-refractivity contribution is 0.0859. The van der Waals surface area contributed by atoms with Gasteiger partial charge in [0.15, 0.2) is 0 Å². The highest BCUT2D eigenvalue weighted by atomic mass is 32.1. The zero-order valence-corrected chi connectivity index (χ0v) is 12.9. The first-order chi connectivity index (χ1) is 10.7. The van der Waals surface area contributed by atoms with Crippen LogP contribution in [-0.4, -0.2) is 62.5 Å². The molecule has 0 saturated carbocycles. The molecule has 1 fully saturated rings. The molecule has 0 atom stereocenters. The maximum absolute atomic E-state index is 12.2. The highest BCUT2D eigenvalue weighted by Crippen LogP contribution is 2.15. The molecule has 0 radical (unpaired) electrons. The van der Waals surface area contributed by atoms with Gasteiger partial charge in [-0.25, -0.2) is 4.79 Å². The van der Waals surface area contributed by atoms with Gasteiger partial charge in [-0.1, -0.05) is 11.3 Å². The van der Waals surface area contributed by atoms with E-state index < -0.39 is 0 Å². The molecular formula is C12H16N6O3S. The Morgan fingerprint density at radius 3 is 2.91 bits per heavy atom. The van der Waals surface area contributed by atoms with Crippen molar-refractivity contribution in [3.63, 3.8) is 0 Å². The van der Waals surface area contributed by atoms with E-state index in [4.69, 9.17) is 4.74 Å². The van der Waals surface area contributed by atoms with Gasteiger partial charge >= 0.3 is 6.09 Å². The van der Waals surface area contributed by atoms with E-state index >= 15 is 0 Å². The van der Waals surface area contributed by atoms with E-state index in [0.29, 0.717) is 42.5 Å². The van der Waals surface area contributed by atoms with Crippen molar-refractivity contribution in [1.82, 2.24) is 30.0 Å². The zero-order chi connectivity index (χ0) is 15.5. The number of hydrogen-bond donors (Lipinski definition) is 1. The van der Waals surface area contributed by atoms with Crippen LogP contribution in [0.25, 0.3) is 4.96 Å². The maximum atomic E-state index is 12.2. The number of carbonyl (C=O) groups is 2. The van der Waals surface area contributed by atoms with E-state index in [1.165, 1.54) is 22.2 Å². The fourth-order valence-corrected chi connectivity index (χ4v) is 3.04. The summed E-state index contributed by atoms with van der Waals surface area (Å²) >= 11 is 1.19. The predicted octanol–water partition coefficient (Wildman–Crippen LogP) is 0.536. The molecule has 1 aliphatic rings. The molecule has 0 spiro atoms. The number of rotatable bonds is 3. The topological polar surface area (TPSA) is 102 Å². The van der Waals surface area contributed by atoms with Crippen LogP contribution in [-0.2, 0) is 4.74 Å². The molecule has 1 saturated heterocycles. The summed E-state index contributed by atoms with van der Waals surface area (Å²) in [7, 11) is 0. The molecule has 22 heavy (non-hydrogen) atoms. The average Bonchev–Trinajstić information content (AvgIpc) is 3.09. The molecule has 0 bridgehead atoms. The summed E-state index contributed by atoms with van der Waals surface area (Å²) < 4.78 is 6.44. The van der Waals surface area contributed by atoms with Gasteiger partial charge in [0.25, 0.3) is 5.91 Å². The van der Waals surface area contributed by atoms with Gasteiger partial charge in [0.2, 0.25) is 9.97 Å². The number of ether oxygens (including phenoxy) is 1. The van der Waals surface area contributed by atoms with E-state index in [0.717, 1.165) is 0 Å². The second-order valence-corrected chi connectivity index (χ2v) is 5.85. The standard InChI is InChI=1S/C12H16N6O3S/c1-2-21-12(20)17-5-3-8(4-6-17)14-9(19)10-16-18-7-13-15-11(18)22-10/h7-8H,2-6H2,1H3,(H,14,19). The Morgan fingerprint density at radius 1 is 1.45 bits per heavy atom. The second kappa shape index (κ2) is 6.26. The van der Waals surface area contributed by atoms with Crippen molar-refractivity contribution in [3.8, 4) is 0 Å². The summed E-state index contributed by atoms with van der Waals surface area (Å²) in [5.74, 6) is -0.218. The van der Waals surface area contributed by atoms with Gasteiger partial charge < -0.3 is 15.0 Å². The summed E-state index contributed by atoms with van der Waals surface area (Å²) in [5, 5.41) is 15.0. The number of aromatic nitrogens is 4. The molecule has 10 heteroatoms. The van der Waals surface area contributed by atoms with Crippen LogP contribution in [0.1, 0.15) is 29.6 Å². The Morgan fingerprint density at radius 2 is 2.23 bits per heavy atom. The van der Waals surface area contributed by atoms with Crippen molar-refractivity contribution in [3.05, 3.63) is 11.3 Å². The van der Waals surface area contributed by atoms with Gasteiger partial charge in [-0.05, 0) is 19.8 Å². The number of likely N-dealkylation sites (tertiary alicyclic amines) is 1. The summed E-state index contributed by atoms with van der Waals surface area (Å²) in [6.45, 7) is 3.31. The van der Waals surface area contributed by atoms with Crippen LogP contribution < -0.4 is 5.32 Å². The smallest absolute Gasteiger partial charge is 0.409 e. The first-order valence-electron chi connectivity index (χ1n) is 7.06. The minimum absolute atomic E-state index is 0.0347. The lowest BCUT2D eigenvalue weighted by Crippen LogP contribution is -2.46. The number of amides is 2. The molecule has 118 valence electrons. The van der Waals surface area contributed by atoms with E-state index in [9.17, 15) is 9.59 Å². The fraction of sp³-hybridized carbons (Fsp3) is 0.583. The number of carbonyl (C=O) groups excluding carboxylic acids is 2. The molecule has 1 aliphatic heterocycles. The average molecular weight is 324 g/mol. The summed E-state index contributed by atoms with van der Waals surface area (Å²) in [4.78, 5) is 26.0. The van der Waals surface area contributed by atoms with Crippen molar-refractivity contribution in [2.24, 2.45) is 0 Å². The number of hydrogen-bond acceptors (Lipinski definition) is 7. The quantitative estimate of drug-likeness (QED) is 0.884. The molecule has 2 amide bonds. The first-order valence-corrected chi connectivity index (χ1v) is 7.88. The van der Waals surface area contributed by atoms with Crippen LogP contribution >= 0.6 is 11.3 Å². The van der Waals surface area contributed by atoms with Crippen molar-refractivity contribution in [1.29, 1.82) is 0 Å². The van der Waals surface area contributed by atoms with Gasteiger partial charge in [-0.3, -0.25) is 4.79 Å². The van der Waals surface area contributed by atoms with Crippen LogP contribution in [0, 0.1) is 0 Å². The Bertz CT molecular complexity index is 647. The molecule has 0 aromatic carbocycles. The van der Waals surface area contributed by atoms with Crippen LogP contribution in [0.4, 0.5) is 4.79 Å². The van der Waals surface area contributed by atoms with Crippen LogP contribution in [0.15, 0.2) is 6.33 Å². The number of nitrogens with zero attached hydrogens (tertiary/aromatic N) is 5. The van der Waals surface area contributed by atoms with Crippen molar-refractivity contribution in [2.45, 2.75) is 25.8 Å². The van der Waals surface area contributed by atoms with Crippen LogP contribution in [0.3, 0.4) is 0 Å². The molecule has 0 unspecified atom stereocenters. The van der Waals surface area contributed by atoms with Gasteiger partial charge in [0.1, 0.15) is 6.33 Å². The van der Waals surface area contributed by atoms with Gasteiger partial charge in [-0.15, -0.1) is 15.3 Å². The molecule has 3 rings (SSSR count). The number of nitrogens with one attached hydrogen (secondary N) is 1. The third kappa shape index (κ3) is 3.01. The molecule has 2 aromatic rings. The first kappa shape index (κ1) is 14.7. The number of fused-ring (bicyclic) bond motifs is 1. The monoisotopic (exact) mass is 324 g/mol. The molecule has 1 N–H and O–H groups in total. The minimum Gasteiger partial charge on any atom is -0.450 e. The fourth-order valence-electron chi connectivity index (χ4n) is 2.32. The Hall–Kier alpha value is -2.23. The zero-order valence-electron chi connectivity index (χ0n) is 12.1. The highest BCUT2D eigenvalue weighted by Gasteiger charge is 2.25. The molecule has 9 nitrogen and oxygen atoms in total. The Labute approximate surface area is 130 Å². The summed E-state index contributed by atoms with van der Waals surface area (Å²) in [6.07, 6.45) is 2.57. The third-order valence-electron chi connectivity index (χ3n) is 3.44. The van der Waals surface area contributed by atoms with Crippen molar-refractivity contribution >= 4 is 28.3 Å². The van der Waals surface area contributed by atoms with Crippen LogP contribution in [0.5, 0.6) is 0 Å². The predicted molar refractivity (Wildman–Crippen MR) is 77.7 cm³/mol. The third-order valence-corrected chi connectivity index (χ3v) is 4.35. The molecule has 2 aromatic heterocycles. The van der Waals surface area contributed by atoms with E-state index in [1.54, 1.807) is 11.8 Å². The van der Waals surface area contributed by atoms with Gasteiger partial charge in [0.05, 0.1) is 6.61 Å². The molecule has 0 aliphatic carbocycles. The lowest BCUT2D eigenvalue weighted by atomic mass is 10.1. The Balaban J connectivity index is 1.53. The minimum atomic E-state index is -0.291. The van der Waals surface area contributed by atoms with Gasteiger partial charge in [0, 0.05) is 19.1 Å². The number of piperidine rings is 1. The van der Waals surface area contributed by atoms with Gasteiger partial charge in [-0.2, -0.15) is 4.52 Å². The van der Waals surface area contributed by atoms with E-state index in [2.05, 4.69) is 20.6 Å². The normalized spacial score (nSPS) is 16.0. The SMILES string of the molecule is CCOC(=O)N1CCC(NC(=O)c2nn3cnnc3s2)CC1. The maximum Gasteiger partial charge on any atom is 0.409 e. The lowest BCUT2D eigenvalue weighted by Gasteiger charge is -2.31. The highest BCUT2D eigenvalue weighted by molar-refractivity contribution is 7.18. The summed E-state index contributed by atoms with van der Waals surface area (Å²) in [6, 6.07) is 0.0347.